The Hall–Kier alpha value is -1.66. The summed E-state index contributed by atoms with van der Waals surface area (Å²) in [7, 11) is -3.14. The fourth-order valence-corrected chi connectivity index (χ4v) is 4.03. The van der Waals surface area contributed by atoms with Crippen molar-refractivity contribution in [2.24, 2.45) is 0 Å². The Morgan fingerprint density at radius 1 is 1.45 bits per heavy atom. The first-order chi connectivity index (χ1) is 10.4. The molecule has 1 aromatic carbocycles. The van der Waals surface area contributed by atoms with E-state index in [-0.39, 0.29) is 30.6 Å². The SMILES string of the molecule is C=CCO[C@H](C)C(=O)N1CCS(=O)(=O)C[C@H]1c1ccccc1. The van der Waals surface area contributed by atoms with E-state index in [0.29, 0.717) is 0 Å². The normalized spacial score (nSPS) is 22.0. The number of benzene rings is 1. The Bertz CT molecular complexity index is 627. The van der Waals surface area contributed by atoms with Gasteiger partial charge in [-0.15, -0.1) is 6.58 Å². The molecular formula is C16H21NO4S. The molecule has 6 heteroatoms. The van der Waals surface area contributed by atoms with Crippen molar-refractivity contribution >= 4 is 15.7 Å². The lowest BCUT2D eigenvalue weighted by Crippen LogP contribution is -2.49. The second-order valence-electron chi connectivity index (χ2n) is 5.34. The minimum atomic E-state index is -3.14. The molecule has 2 atom stereocenters. The number of hydrogen-bond acceptors (Lipinski definition) is 4. The van der Waals surface area contributed by atoms with Gasteiger partial charge in [0.05, 0.1) is 24.2 Å². The van der Waals surface area contributed by atoms with Crippen molar-refractivity contribution in [3.05, 3.63) is 48.6 Å². The molecule has 0 aromatic heterocycles. The second-order valence-corrected chi connectivity index (χ2v) is 7.57. The van der Waals surface area contributed by atoms with Crippen molar-refractivity contribution in [2.45, 2.75) is 19.1 Å². The summed E-state index contributed by atoms with van der Waals surface area (Å²) < 4.78 is 29.3. The first kappa shape index (κ1) is 16.7. The summed E-state index contributed by atoms with van der Waals surface area (Å²) in [5.74, 6) is -0.238. The number of hydrogen-bond donors (Lipinski definition) is 0. The zero-order valence-electron chi connectivity index (χ0n) is 12.6. The third-order valence-corrected chi connectivity index (χ3v) is 5.34. The molecule has 22 heavy (non-hydrogen) atoms. The molecular weight excluding hydrogens is 302 g/mol. The van der Waals surface area contributed by atoms with Crippen LogP contribution in [0.4, 0.5) is 0 Å². The highest BCUT2D eigenvalue weighted by molar-refractivity contribution is 7.91. The minimum absolute atomic E-state index is 0.00372. The average molecular weight is 323 g/mol. The maximum absolute atomic E-state index is 12.6. The molecule has 0 spiro atoms. The van der Waals surface area contributed by atoms with Crippen LogP contribution in [0.25, 0.3) is 0 Å². The zero-order valence-corrected chi connectivity index (χ0v) is 13.5. The maximum atomic E-state index is 12.6. The topological polar surface area (TPSA) is 63.7 Å². The average Bonchev–Trinajstić information content (AvgIpc) is 2.52. The molecule has 1 saturated heterocycles. The molecule has 1 amide bonds. The van der Waals surface area contributed by atoms with Crippen molar-refractivity contribution in [1.29, 1.82) is 0 Å². The Morgan fingerprint density at radius 2 is 2.14 bits per heavy atom. The first-order valence-electron chi connectivity index (χ1n) is 7.23. The van der Waals surface area contributed by atoms with E-state index in [1.807, 2.05) is 30.3 Å². The van der Waals surface area contributed by atoms with E-state index in [9.17, 15) is 13.2 Å². The van der Waals surface area contributed by atoms with Crippen LogP contribution in [0.3, 0.4) is 0 Å². The van der Waals surface area contributed by atoms with Crippen LogP contribution in [-0.4, -0.2) is 50.0 Å². The summed E-state index contributed by atoms with van der Waals surface area (Å²) in [6.07, 6.45) is 0.962. The van der Waals surface area contributed by atoms with Gasteiger partial charge in [0.1, 0.15) is 6.10 Å². The monoisotopic (exact) mass is 323 g/mol. The molecule has 1 aliphatic heterocycles. The Labute approximate surface area is 131 Å². The fourth-order valence-electron chi connectivity index (χ4n) is 2.54. The van der Waals surface area contributed by atoms with E-state index in [2.05, 4.69) is 6.58 Å². The molecule has 1 fully saturated rings. The van der Waals surface area contributed by atoms with Crippen molar-refractivity contribution in [1.82, 2.24) is 4.90 Å². The number of sulfone groups is 1. The van der Waals surface area contributed by atoms with E-state index in [0.717, 1.165) is 5.56 Å². The fraction of sp³-hybridized carbons (Fsp3) is 0.438. The van der Waals surface area contributed by atoms with Gasteiger partial charge in [0.15, 0.2) is 9.84 Å². The first-order valence-corrected chi connectivity index (χ1v) is 9.05. The van der Waals surface area contributed by atoms with Gasteiger partial charge in [0.2, 0.25) is 0 Å². The number of carbonyl (C=O) groups is 1. The quantitative estimate of drug-likeness (QED) is 0.772. The smallest absolute Gasteiger partial charge is 0.252 e. The van der Waals surface area contributed by atoms with Gasteiger partial charge in [-0.2, -0.15) is 0 Å². The van der Waals surface area contributed by atoms with Crippen LogP contribution in [0.1, 0.15) is 18.5 Å². The van der Waals surface area contributed by atoms with Crippen LogP contribution in [0, 0.1) is 0 Å². The van der Waals surface area contributed by atoms with Gasteiger partial charge in [0.25, 0.3) is 5.91 Å². The van der Waals surface area contributed by atoms with E-state index >= 15 is 0 Å². The number of amides is 1. The van der Waals surface area contributed by atoms with E-state index in [1.54, 1.807) is 17.9 Å². The molecule has 1 aliphatic rings. The largest absolute Gasteiger partial charge is 0.365 e. The molecule has 0 radical (unpaired) electrons. The van der Waals surface area contributed by atoms with Gasteiger partial charge in [0, 0.05) is 6.54 Å². The van der Waals surface area contributed by atoms with E-state index < -0.39 is 22.0 Å². The van der Waals surface area contributed by atoms with Crippen molar-refractivity contribution in [2.75, 3.05) is 24.7 Å². The molecule has 0 N–H and O–H groups in total. The van der Waals surface area contributed by atoms with Crippen molar-refractivity contribution in [3.8, 4) is 0 Å². The van der Waals surface area contributed by atoms with Crippen LogP contribution in [0.5, 0.6) is 0 Å². The summed E-state index contributed by atoms with van der Waals surface area (Å²) in [6, 6.07) is 8.79. The van der Waals surface area contributed by atoms with Gasteiger partial charge in [-0.25, -0.2) is 8.42 Å². The van der Waals surface area contributed by atoms with E-state index in [1.165, 1.54) is 0 Å². The Morgan fingerprint density at radius 3 is 2.77 bits per heavy atom. The molecule has 0 bridgehead atoms. The number of rotatable bonds is 5. The summed E-state index contributed by atoms with van der Waals surface area (Å²) in [6.45, 7) is 5.72. The standard InChI is InChI=1S/C16H21NO4S/c1-3-10-21-13(2)16(18)17-9-11-22(19,20)12-15(17)14-7-5-4-6-8-14/h3-8,13,15H,1,9-12H2,2H3/t13-,15+/m1/s1. The van der Waals surface area contributed by atoms with Crippen LogP contribution in [0.15, 0.2) is 43.0 Å². The molecule has 2 rings (SSSR count). The van der Waals surface area contributed by atoms with Crippen LogP contribution >= 0.6 is 0 Å². The third-order valence-electron chi connectivity index (χ3n) is 3.71. The summed E-state index contributed by atoms with van der Waals surface area (Å²) in [5.41, 5.74) is 0.829. The van der Waals surface area contributed by atoms with Gasteiger partial charge in [-0.05, 0) is 12.5 Å². The Balaban J connectivity index is 2.24. The zero-order chi connectivity index (χ0) is 16.2. The van der Waals surface area contributed by atoms with E-state index in [4.69, 9.17) is 4.74 Å². The molecule has 1 heterocycles. The highest BCUT2D eigenvalue weighted by Crippen LogP contribution is 2.27. The highest BCUT2D eigenvalue weighted by atomic mass is 32.2. The molecule has 0 aliphatic carbocycles. The molecule has 0 unspecified atom stereocenters. The summed E-state index contributed by atoms with van der Waals surface area (Å²) in [4.78, 5) is 14.2. The predicted octanol–water partition coefficient (Wildman–Crippen LogP) is 1.58. The number of ether oxygens (including phenoxy) is 1. The number of carbonyl (C=O) groups excluding carboxylic acids is 1. The lowest BCUT2D eigenvalue weighted by molar-refractivity contribution is -0.144. The van der Waals surface area contributed by atoms with Crippen LogP contribution in [-0.2, 0) is 19.4 Å². The van der Waals surface area contributed by atoms with Crippen molar-refractivity contribution < 1.29 is 17.9 Å². The predicted molar refractivity (Wildman–Crippen MR) is 85.2 cm³/mol. The third kappa shape index (κ3) is 3.96. The van der Waals surface area contributed by atoms with Crippen molar-refractivity contribution in [3.63, 3.8) is 0 Å². The molecule has 120 valence electrons. The second kappa shape index (κ2) is 7.07. The maximum Gasteiger partial charge on any atom is 0.252 e. The Kier molecular flexibility index (Phi) is 5.37. The van der Waals surface area contributed by atoms with Crippen LogP contribution in [0.2, 0.25) is 0 Å². The minimum Gasteiger partial charge on any atom is -0.365 e. The van der Waals surface area contributed by atoms with Gasteiger partial charge < -0.3 is 9.64 Å². The van der Waals surface area contributed by atoms with Gasteiger partial charge in [-0.3, -0.25) is 4.79 Å². The van der Waals surface area contributed by atoms with Crippen LogP contribution < -0.4 is 0 Å². The molecule has 1 aromatic rings. The van der Waals surface area contributed by atoms with Gasteiger partial charge in [-0.1, -0.05) is 36.4 Å². The summed E-state index contributed by atoms with van der Waals surface area (Å²) in [5, 5.41) is 0. The lowest BCUT2D eigenvalue weighted by atomic mass is 10.1. The summed E-state index contributed by atoms with van der Waals surface area (Å²) >= 11 is 0. The molecule has 0 saturated carbocycles. The number of nitrogens with zero attached hydrogens (tertiary/aromatic N) is 1. The highest BCUT2D eigenvalue weighted by Gasteiger charge is 2.36. The lowest BCUT2D eigenvalue weighted by Gasteiger charge is -2.37. The van der Waals surface area contributed by atoms with Gasteiger partial charge >= 0.3 is 0 Å². The molecule has 5 nitrogen and oxygen atoms in total.